The third-order valence-corrected chi connectivity index (χ3v) is 5.67. The molecular formula is C24H31N3O6. The summed E-state index contributed by atoms with van der Waals surface area (Å²) in [6.07, 6.45) is 5.36. The number of ether oxygens (including phenoxy) is 2. The van der Waals surface area contributed by atoms with E-state index in [2.05, 4.69) is 10.6 Å². The van der Waals surface area contributed by atoms with Gasteiger partial charge in [0.15, 0.2) is 5.76 Å². The molecule has 2 N–H and O–H groups in total. The van der Waals surface area contributed by atoms with E-state index >= 15 is 0 Å². The van der Waals surface area contributed by atoms with Crippen molar-refractivity contribution in [1.82, 2.24) is 15.5 Å². The third-order valence-electron chi connectivity index (χ3n) is 5.67. The summed E-state index contributed by atoms with van der Waals surface area (Å²) in [6, 6.07) is 9.38. The zero-order valence-corrected chi connectivity index (χ0v) is 19.0. The summed E-state index contributed by atoms with van der Waals surface area (Å²) < 4.78 is 15.6. The Labute approximate surface area is 193 Å². The lowest BCUT2D eigenvalue weighted by Gasteiger charge is -2.32. The first-order valence-electron chi connectivity index (χ1n) is 11.1. The van der Waals surface area contributed by atoms with Crippen LogP contribution in [0, 0.1) is 0 Å². The molecule has 1 aliphatic carbocycles. The molecule has 178 valence electrons. The smallest absolute Gasteiger partial charge is 0.287 e. The van der Waals surface area contributed by atoms with Gasteiger partial charge < -0.3 is 29.4 Å². The SMILES string of the molecule is COCCN(C(=O)CNC(=O)c1ccco1)[C@H](C(=O)NC1CCCC1)c1cccc(OC)c1. The number of carbonyl (C=O) groups excluding carboxylic acids is 3. The molecule has 3 rings (SSSR count). The number of carbonyl (C=O) groups is 3. The summed E-state index contributed by atoms with van der Waals surface area (Å²) in [4.78, 5) is 40.4. The predicted octanol–water partition coefficient (Wildman–Crippen LogP) is 2.29. The first-order chi connectivity index (χ1) is 16.0. The molecule has 1 aliphatic rings. The summed E-state index contributed by atoms with van der Waals surface area (Å²) in [5.41, 5.74) is 0.617. The highest BCUT2D eigenvalue weighted by molar-refractivity contribution is 5.95. The van der Waals surface area contributed by atoms with Gasteiger partial charge in [-0.05, 0) is 42.7 Å². The van der Waals surface area contributed by atoms with E-state index in [1.54, 1.807) is 37.4 Å². The lowest BCUT2D eigenvalue weighted by molar-refractivity contribution is -0.141. The average Bonchev–Trinajstić information content (AvgIpc) is 3.54. The van der Waals surface area contributed by atoms with Crippen molar-refractivity contribution in [3.63, 3.8) is 0 Å². The number of rotatable bonds is 11. The van der Waals surface area contributed by atoms with Crippen molar-refractivity contribution in [3.8, 4) is 5.75 Å². The molecule has 33 heavy (non-hydrogen) atoms. The summed E-state index contributed by atoms with van der Waals surface area (Å²) in [6.45, 7) is 0.112. The van der Waals surface area contributed by atoms with Crippen molar-refractivity contribution in [3.05, 3.63) is 54.0 Å². The highest BCUT2D eigenvalue weighted by Crippen LogP contribution is 2.26. The minimum absolute atomic E-state index is 0.0867. The monoisotopic (exact) mass is 457 g/mol. The van der Waals surface area contributed by atoms with Crippen molar-refractivity contribution in [2.75, 3.05) is 33.9 Å². The summed E-state index contributed by atoms with van der Waals surface area (Å²) in [5, 5.41) is 5.66. The zero-order valence-electron chi connectivity index (χ0n) is 19.0. The Bertz CT molecular complexity index is 924. The van der Waals surface area contributed by atoms with Crippen LogP contribution in [0.3, 0.4) is 0 Å². The van der Waals surface area contributed by atoms with Crippen LogP contribution in [0.25, 0.3) is 0 Å². The normalized spacial score (nSPS) is 14.5. The van der Waals surface area contributed by atoms with Crippen molar-refractivity contribution in [1.29, 1.82) is 0 Å². The molecule has 1 heterocycles. The molecule has 3 amide bonds. The molecule has 9 nitrogen and oxygen atoms in total. The van der Waals surface area contributed by atoms with Gasteiger partial charge in [-0.1, -0.05) is 25.0 Å². The van der Waals surface area contributed by atoms with Gasteiger partial charge in [0.05, 0.1) is 26.5 Å². The molecule has 0 unspecified atom stereocenters. The van der Waals surface area contributed by atoms with Crippen LogP contribution in [-0.2, 0) is 14.3 Å². The van der Waals surface area contributed by atoms with Crippen LogP contribution in [0.1, 0.15) is 47.8 Å². The zero-order chi connectivity index (χ0) is 23.6. The van der Waals surface area contributed by atoms with Gasteiger partial charge in [-0.15, -0.1) is 0 Å². The molecule has 2 aromatic rings. The van der Waals surface area contributed by atoms with E-state index in [4.69, 9.17) is 13.9 Å². The fourth-order valence-electron chi connectivity index (χ4n) is 3.97. The fourth-order valence-corrected chi connectivity index (χ4v) is 3.97. The molecule has 0 saturated heterocycles. The average molecular weight is 458 g/mol. The number of amides is 3. The second-order valence-corrected chi connectivity index (χ2v) is 7.91. The third kappa shape index (κ3) is 6.58. The largest absolute Gasteiger partial charge is 0.497 e. The van der Waals surface area contributed by atoms with Crippen LogP contribution in [0.4, 0.5) is 0 Å². The molecule has 1 aromatic heterocycles. The van der Waals surface area contributed by atoms with E-state index in [9.17, 15) is 14.4 Å². The quantitative estimate of drug-likeness (QED) is 0.536. The minimum Gasteiger partial charge on any atom is -0.497 e. The molecule has 0 aliphatic heterocycles. The van der Waals surface area contributed by atoms with Gasteiger partial charge in [-0.2, -0.15) is 0 Å². The second kappa shape index (κ2) is 12.1. The molecule has 0 radical (unpaired) electrons. The molecule has 1 aromatic carbocycles. The van der Waals surface area contributed by atoms with Crippen LogP contribution in [0.15, 0.2) is 47.1 Å². The number of nitrogens with zero attached hydrogens (tertiary/aromatic N) is 1. The van der Waals surface area contributed by atoms with Crippen molar-refractivity contribution in [2.45, 2.75) is 37.8 Å². The van der Waals surface area contributed by atoms with Crippen LogP contribution in [-0.4, -0.2) is 62.6 Å². The van der Waals surface area contributed by atoms with E-state index in [1.807, 2.05) is 0 Å². The summed E-state index contributed by atoms with van der Waals surface area (Å²) >= 11 is 0. The molecule has 1 saturated carbocycles. The van der Waals surface area contributed by atoms with Gasteiger partial charge in [-0.25, -0.2) is 0 Å². The van der Waals surface area contributed by atoms with Gasteiger partial charge in [-0.3, -0.25) is 14.4 Å². The molecule has 1 fully saturated rings. The molecule has 9 heteroatoms. The Morgan fingerprint density at radius 2 is 1.94 bits per heavy atom. The van der Waals surface area contributed by atoms with E-state index in [-0.39, 0.29) is 37.4 Å². The fraction of sp³-hybridized carbons (Fsp3) is 0.458. The first-order valence-corrected chi connectivity index (χ1v) is 11.1. The van der Waals surface area contributed by atoms with Crippen LogP contribution in [0.5, 0.6) is 5.75 Å². The molecule has 0 bridgehead atoms. The lowest BCUT2D eigenvalue weighted by Crippen LogP contribution is -2.49. The van der Waals surface area contributed by atoms with Crippen molar-refractivity contribution >= 4 is 17.7 Å². The minimum atomic E-state index is -0.899. The Hall–Kier alpha value is -3.33. The molecule has 1 atom stereocenters. The standard InChI is InChI=1S/C24H31N3O6/c1-31-14-12-27(21(28)16-25-23(29)20-11-6-13-33-20)22(17-7-5-10-19(15-17)32-2)24(30)26-18-8-3-4-9-18/h5-7,10-11,13,15,18,22H,3-4,8-9,12,14,16H2,1-2H3,(H,25,29)(H,26,30)/t22-/m0/s1. The molecule has 0 spiro atoms. The number of methoxy groups -OCH3 is 2. The van der Waals surface area contributed by atoms with E-state index in [1.165, 1.54) is 24.3 Å². The Morgan fingerprint density at radius 3 is 2.61 bits per heavy atom. The van der Waals surface area contributed by atoms with Gasteiger partial charge in [0.25, 0.3) is 5.91 Å². The van der Waals surface area contributed by atoms with E-state index < -0.39 is 17.9 Å². The maximum atomic E-state index is 13.4. The maximum absolute atomic E-state index is 13.4. The van der Waals surface area contributed by atoms with E-state index in [0.29, 0.717) is 11.3 Å². The van der Waals surface area contributed by atoms with E-state index in [0.717, 1.165) is 25.7 Å². The number of furan rings is 1. The number of hydrogen-bond acceptors (Lipinski definition) is 6. The van der Waals surface area contributed by atoms with Crippen molar-refractivity contribution < 1.29 is 28.3 Å². The van der Waals surface area contributed by atoms with Gasteiger partial charge in [0, 0.05) is 19.7 Å². The summed E-state index contributed by atoms with van der Waals surface area (Å²) in [7, 11) is 3.07. The second-order valence-electron chi connectivity index (χ2n) is 7.91. The first kappa shape index (κ1) is 24.3. The topological polar surface area (TPSA) is 110 Å². The van der Waals surface area contributed by atoms with Crippen LogP contribution >= 0.6 is 0 Å². The number of nitrogens with one attached hydrogen (secondary N) is 2. The Balaban J connectivity index is 1.84. The van der Waals surface area contributed by atoms with Crippen LogP contribution < -0.4 is 15.4 Å². The molecular weight excluding hydrogens is 426 g/mol. The van der Waals surface area contributed by atoms with Gasteiger partial charge in [0.2, 0.25) is 11.8 Å². The summed E-state index contributed by atoms with van der Waals surface area (Å²) in [5.74, 6) is -0.502. The highest BCUT2D eigenvalue weighted by atomic mass is 16.5. The lowest BCUT2D eigenvalue weighted by atomic mass is 10.0. The Kier molecular flexibility index (Phi) is 8.88. The predicted molar refractivity (Wildman–Crippen MR) is 121 cm³/mol. The van der Waals surface area contributed by atoms with Crippen LogP contribution in [0.2, 0.25) is 0 Å². The highest BCUT2D eigenvalue weighted by Gasteiger charge is 2.33. The maximum Gasteiger partial charge on any atom is 0.287 e. The number of hydrogen-bond donors (Lipinski definition) is 2. The number of benzene rings is 1. The van der Waals surface area contributed by atoms with Crippen molar-refractivity contribution in [2.24, 2.45) is 0 Å². The Morgan fingerprint density at radius 1 is 1.15 bits per heavy atom. The van der Waals surface area contributed by atoms with Gasteiger partial charge in [0.1, 0.15) is 11.8 Å². The van der Waals surface area contributed by atoms with Gasteiger partial charge >= 0.3 is 0 Å².